The summed E-state index contributed by atoms with van der Waals surface area (Å²) in [6.07, 6.45) is 0. The lowest BCUT2D eigenvalue weighted by atomic mass is 10.1. The fraction of sp³-hybridized carbons (Fsp3) is 0.188. The second kappa shape index (κ2) is 6.61. The molecule has 3 N–H and O–H groups in total. The van der Waals surface area contributed by atoms with Crippen LogP contribution in [0.25, 0.3) is 0 Å². The Hall–Kier alpha value is -2.04. The molecule has 4 nitrogen and oxygen atoms in total. The van der Waals surface area contributed by atoms with Gasteiger partial charge in [-0.05, 0) is 50.0 Å². The summed E-state index contributed by atoms with van der Waals surface area (Å²) in [4.78, 5) is 14.3. The maximum atomic E-state index is 12.2. The van der Waals surface area contributed by atoms with Crippen molar-refractivity contribution in [3.8, 4) is 0 Å². The molecule has 2 aromatic carbocycles. The van der Waals surface area contributed by atoms with Crippen LogP contribution in [0.3, 0.4) is 0 Å². The first kappa shape index (κ1) is 15.4. The van der Waals surface area contributed by atoms with Gasteiger partial charge >= 0.3 is 0 Å². The number of nitrogen functional groups attached to an aromatic ring is 1. The van der Waals surface area contributed by atoms with Gasteiger partial charge in [0.15, 0.2) is 0 Å². The molecule has 0 heterocycles. The lowest BCUT2D eigenvalue weighted by molar-refractivity contribution is 0.102. The summed E-state index contributed by atoms with van der Waals surface area (Å²) in [6.45, 7) is 0.813. The van der Waals surface area contributed by atoms with E-state index in [9.17, 15) is 4.79 Å². The summed E-state index contributed by atoms with van der Waals surface area (Å²) in [6, 6.07) is 12.5. The number of hydrogen-bond acceptors (Lipinski definition) is 3. The number of amides is 1. The highest BCUT2D eigenvalue weighted by atomic mass is 35.5. The molecule has 2 rings (SSSR count). The normalized spacial score (nSPS) is 10.7. The van der Waals surface area contributed by atoms with Gasteiger partial charge in [-0.25, -0.2) is 0 Å². The van der Waals surface area contributed by atoms with Crippen LogP contribution in [0.5, 0.6) is 0 Å². The summed E-state index contributed by atoms with van der Waals surface area (Å²) >= 11 is 5.91. The van der Waals surface area contributed by atoms with Gasteiger partial charge in [0.1, 0.15) is 0 Å². The third-order valence-corrected chi connectivity index (χ3v) is 3.08. The van der Waals surface area contributed by atoms with Gasteiger partial charge in [0.25, 0.3) is 5.91 Å². The van der Waals surface area contributed by atoms with Crippen LogP contribution in [0.15, 0.2) is 42.5 Å². The Kier molecular flexibility index (Phi) is 4.83. The highest BCUT2D eigenvalue weighted by Crippen LogP contribution is 2.18. The first-order chi connectivity index (χ1) is 9.94. The van der Waals surface area contributed by atoms with Crippen LogP contribution in [0.2, 0.25) is 5.02 Å². The molecule has 5 heteroatoms. The van der Waals surface area contributed by atoms with Crippen molar-refractivity contribution >= 4 is 28.9 Å². The standard InChI is InChI=1S/C16H18ClN3O/c1-20(2)10-11-4-3-5-15(6-11)19-16(21)12-7-13(17)9-14(18)8-12/h3-9H,10,18H2,1-2H3,(H,19,21). The fourth-order valence-corrected chi connectivity index (χ4v) is 2.30. The Morgan fingerprint density at radius 3 is 2.67 bits per heavy atom. The Balaban J connectivity index is 2.15. The monoisotopic (exact) mass is 303 g/mol. The first-order valence-electron chi connectivity index (χ1n) is 6.55. The highest BCUT2D eigenvalue weighted by molar-refractivity contribution is 6.31. The van der Waals surface area contributed by atoms with Gasteiger partial charge in [0, 0.05) is 28.5 Å². The van der Waals surface area contributed by atoms with Gasteiger partial charge in [-0.1, -0.05) is 23.7 Å². The molecule has 1 amide bonds. The van der Waals surface area contributed by atoms with Crippen LogP contribution >= 0.6 is 11.6 Å². The van der Waals surface area contributed by atoms with E-state index in [1.54, 1.807) is 18.2 Å². The molecule has 0 saturated carbocycles. The lowest BCUT2D eigenvalue weighted by Crippen LogP contribution is -2.14. The van der Waals surface area contributed by atoms with Crippen molar-refractivity contribution in [2.24, 2.45) is 0 Å². The minimum absolute atomic E-state index is 0.230. The average Bonchev–Trinajstić information content (AvgIpc) is 2.37. The molecule has 0 fully saturated rings. The van der Waals surface area contributed by atoms with Crippen LogP contribution in [0.4, 0.5) is 11.4 Å². The Morgan fingerprint density at radius 2 is 2.00 bits per heavy atom. The van der Waals surface area contributed by atoms with E-state index in [4.69, 9.17) is 17.3 Å². The molecular weight excluding hydrogens is 286 g/mol. The molecule has 0 aliphatic carbocycles. The summed E-state index contributed by atoms with van der Waals surface area (Å²) in [5.74, 6) is -0.230. The zero-order chi connectivity index (χ0) is 15.4. The maximum Gasteiger partial charge on any atom is 0.255 e. The van der Waals surface area contributed by atoms with Crippen LogP contribution < -0.4 is 11.1 Å². The predicted octanol–water partition coefficient (Wildman–Crippen LogP) is 3.24. The molecule has 0 radical (unpaired) electrons. The maximum absolute atomic E-state index is 12.2. The molecular formula is C16H18ClN3O. The Bertz CT molecular complexity index is 635. The van der Waals surface area contributed by atoms with Crippen LogP contribution in [-0.4, -0.2) is 24.9 Å². The van der Waals surface area contributed by atoms with Gasteiger partial charge in [-0.15, -0.1) is 0 Å². The third kappa shape index (κ3) is 4.48. The largest absolute Gasteiger partial charge is 0.399 e. The van der Waals surface area contributed by atoms with Crippen molar-refractivity contribution in [2.45, 2.75) is 6.54 Å². The van der Waals surface area contributed by atoms with Crippen molar-refractivity contribution < 1.29 is 4.79 Å². The third-order valence-electron chi connectivity index (χ3n) is 2.87. The number of nitrogens with zero attached hydrogens (tertiary/aromatic N) is 1. The van der Waals surface area contributed by atoms with E-state index in [0.717, 1.165) is 17.8 Å². The van der Waals surface area contributed by atoms with E-state index >= 15 is 0 Å². The SMILES string of the molecule is CN(C)Cc1cccc(NC(=O)c2cc(N)cc(Cl)c2)c1. The van der Waals surface area contributed by atoms with E-state index in [0.29, 0.717) is 16.3 Å². The number of nitrogens with one attached hydrogen (secondary N) is 1. The fourth-order valence-electron chi connectivity index (χ4n) is 2.06. The van der Waals surface area contributed by atoms with Crippen LogP contribution in [0, 0.1) is 0 Å². The molecule has 2 aromatic rings. The minimum atomic E-state index is -0.230. The number of nitrogens with two attached hydrogens (primary N) is 1. The van der Waals surface area contributed by atoms with Gasteiger partial charge < -0.3 is 16.0 Å². The molecule has 0 aromatic heterocycles. The average molecular weight is 304 g/mol. The molecule has 0 atom stereocenters. The van der Waals surface area contributed by atoms with E-state index in [2.05, 4.69) is 10.2 Å². The number of halogens is 1. The topological polar surface area (TPSA) is 58.4 Å². The Labute approximate surface area is 129 Å². The number of hydrogen-bond donors (Lipinski definition) is 2. The smallest absolute Gasteiger partial charge is 0.255 e. The number of rotatable bonds is 4. The molecule has 0 unspecified atom stereocenters. The quantitative estimate of drug-likeness (QED) is 0.853. The van der Waals surface area contributed by atoms with E-state index in [1.165, 1.54) is 0 Å². The molecule has 0 aliphatic heterocycles. The number of carbonyl (C=O) groups excluding carboxylic acids is 1. The molecule has 110 valence electrons. The lowest BCUT2D eigenvalue weighted by Gasteiger charge is -2.11. The van der Waals surface area contributed by atoms with Crippen LogP contribution in [0.1, 0.15) is 15.9 Å². The van der Waals surface area contributed by atoms with Crippen molar-refractivity contribution in [1.82, 2.24) is 4.90 Å². The molecule has 0 bridgehead atoms. The Morgan fingerprint density at radius 1 is 1.24 bits per heavy atom. The van der Waals surface area contributed by atoms with Crippen molar-refractivity contribution in [3.63, 3.8) is 0 Å². The summed E-state index contributed by atoms with van der Waals surface area (Å²) < 4.78 is 0. The van der Waals surface area contributed by atoms with E-state index in [-0.39, 0.29) is 5.91 Å². The van der Waals surface area contributed by atoms with Crippen LogP contribution in [-0.2, 0) is 6.54 Å². The number of anilines is 2. The van der Waals surface area contributed by atoms with E-state index < -0.39 is 0 Å². The highest BCUT2D eigenvalue weighted by Gasteiger charge is 2.08. The minimum Gasteiger partial charge on any atom is -0.399 e. The summed E-state index contributed by atoms with van der Waals surface area (Å²) in [5.41, 5.74) is 8.49. The van der Waals surface area contributed by atoms with Gasteiger partial charge in [0.05, 0.1) is 0 Å². The van der Waals surface area contributed by atoms with Gasteiger partial charge in [-0.2, -0.15) is 0 Å². The van der Waals surface area contributed by atoms with E-state index in [1.807, 2.05) is 38.4 Å². The summed E-state index contributed by atoms with van der Waals surface area (Å²) in [5, 5.41) is 3.30. The molecule has 21 heavy (non-hydrogen) atoms. The number of carbonyl (C=O) groups is 1. The molecule has 0 spiro atoms. The second-order valence-electron chi connectivity index (χ2n) is 5.17. The zero-order valence-corrected chi connectivity index (χ0v) is 12.8. The van der Waals surface area contributed by atoms with Gasteiger partial charge in [-0.3, -0.25) is 4.79 Å². The van der Waals surface area contributed by atoms with Crippen molar-refractivity contribution in [2.75, 3.05) is 25.1 Å². The predicted molar refractivity (Wildman–Crippen MR) is 87.7 cm³/mol. The first-order valence-corrected chi connectivity index (χ1v) is 6.93. The zero-order valence-electron chi connectivity index (χ0n) is 12.1. The van der Waals surface area contributed by atoms with Crippen molar-refractivity contribution in [3.05, 3.63) is 58.6 Å². The van der Waals surface area contributed by atoms with Crippen molar-refractivity contribution in [1.29, 1.82) is 0 Å². The second-order valence-corrected chi connectivity index (χ2v) is 5.60. The summed E-state index contributed by atoms with van der Waals surface area (Å²) in [7, 11) is 4.00. The molecule has 0 saturated heterocycles. The number of benzene rings is 2. The molecule has 0 aliphatic rings. The van der Waals surface area contributed by atoms with Gasteiger partial charge in [0.2, 0.25) is 0 Å².